The molecule has 2 heterocycles. The number of fused-ring (bicyclic) bond motifs is 1. The summed E-state index contributed by atoms with van der Waals surface area (Å²) in [4.78, 5) is 13.3. The molecule has 1 aliphatic rings. The van der Waals surface area contributed by atoms with Crippen LogP contribution in [0.25, 0.3) is 0 Å². The minimum Gasteiger partial charge on any atom is -0.489 e. The Morgan fingerprint density at radius 2 is 1.95 bits per heavy atom. The number of carbonyl (C=O) groups excluding carboxylic acids is 1. The molecule has 0 aliphatic carbocycles. The average Bonchev–Trinajstić information content (AvgIpc) is 2.70. The van der Waals surface area contributed by atoms with Gasteiger partial charge in [-0.1, -0.05) is 6.92 Å². The lowest BCUT2D eigenvalue weighted by Gasteiger charge is -2.08. The second-order valence-corrected chi connectivity index (χ2v) is 7.66. The number of hydrogen-bond donors (Lipinski definition) is 0. The van der Waals surface area contributed by atoms with E-state index in [0.717, 1.165) is 14.2 Å². The summed E-state index contributed by atoms with van der Waals surface area (Å²) in [5, 5.41) is 0. The number of halogens is 1. The third-order valence-corrected chi connectivity index (χ3v) is 5.47. The molecule has 0 spiro atoms. The molecule has 1 aromatic carbocycles. The Hall–Kier alpha value is -1.33. The second-order valence-electron chi connectivity index (χ2n) is 5.29. The van der Waals surface area contributed by atoms with Crippen LogP contribution in [0.2, 0.25) is 0 Å². The molecule has 0 bridgehead atoms. The average molecular weight is 367 g/mol. The molecular formula is C16H15BrO3S. The molecule has 0 amide bonds. The number of aryl methyl sites for hydroxylation is 1. The van der Waals surface area contributed by atoms with Crippen molar-refractivity contribution in [3.8, 4) is 11.5 Å². The number of thiophene rings is 1. The number of ether oxygens (including phenoxy) is 2. The summed E-state index contributed by atoms with van der Waals surface area (Å²) in [6, 6.07) is 7.29. The molecule has 3 nitrogen and oxygen atoms in total. The van der Waals surface area contributed by atoms with Crippen LogP contribution in [0.15, 0.2) is 28.1 Å². The van der Waals surface area contributed by atoms with Crippen molar-refractivity contribution in [1.29, 1.82) is 0 Å². The van der Waals surface area contributed by atoms with E-state index in [4.69, 9.17) is 9.47 Å². The summed E-state index contributed by atoms with van der Waals surface area (Å²) < 4.78 is 12.4. The first-order valence-corrected chi connectivity index (χ1v) is 8.36. The van der Waals surface area contributed by atoms with Crippen molar-refractivity contribution < 1.29 is 14.3 Å². The van der Waals surface area contributed by atoms with Crippen LogP contribution >= 0.6 is 27.3 Å². The molecule has 3 rings (SSSR count). The standard InChI is InChI=1S/C16H15BrO3S/c1-9-7-19-12-4-3-11(6-13(12)20-8-9)15(18)14-5-10(2)16(17)21-14/h3-6,9H,7-8H2,1-2H3. The van der Waals surface area contributed by atoms with Crippen LogP contribution in [-0.4, -0.2) is 19.0 Å². The smallest absolute Gasteiger partial charge is 0.203 e. The Morgan fingerprint density at radius 1 is 1.24 bits per heavy atom. The molecule has 5 heteroatoms. The monoisotopic (exact) mass is 366 g/mol. The molecule has 0 fully saturated rings. The Morgan fingerprint density at radius 3 is 2.62 bits per heavy atom. The maximum Gasteiger partial charge on any atom is 0.203 e. The molecule has 0 saturated heterocycles. The lowest BCUT2D eigenvalue weighted by Crippen LogP contribution is -2.12. The summed E-state index contributed by atoms with van der Waals surface area (Å²) in [5.41, 5.74) is 1.70. The molecule has 1 aromatic heterocycles. The van der Waals surface area contributed by atoms with Gasteiger partial charge in [0.2, 0.25) is 5.78 Å². The Bertz CT molecular complexity index is 673. The molecule has 2 aromatic rings. The Kier molecular flexibility index (Phi) is 4.04. The van der Waals surface area contributed by atoms with Gasteiger partial charge in [0.15, 0.2) is 11.5 Å². The highest BCUT2D eigenvalue weighted by Crippen LogP contribution is 2.34. The molecule has 21 heavy (non-hydrogen) atoms. The molecule has 1 atom stereocenters. The van der Waals surface area contributed by atoms with Gasteiger partial charge in [-0.2, -0.15) is 0 Å². The summed E-state index contributed by atoms with van der Waals surface area (Å²) in [6.45, 7) is 5.29. The first-order chi connectivity index (χ1) is 10.0. The first kappa shape index (κ1) is 14.6. The SMILES string of the molecule is Cc1cc(C(=O)c2ccc3c(c2)OCC(C)CO3)sc1Br. The zero-order valence-electron chi connectivity index (χ0n) is 11.8. The molecule has 0 radical (unpaired) electrons. The largest absolute Gasteiger partial charge is 0.489 e. The fourth-order valence-corrected chi connectivity index (χ4v) is 3.60. The van der Waals surface area contributed by atoms with Gasteiger partial charge in [-0.15, -0.1) is 11.3 Å². The van der Waals surface area contributed by atoms with Crippen molar-refractivity contribution in [2.75, 3.05) is 13.2 Å². The molecule has 0 saturated carbocycles. The second kappa shape index (κ2) is 5.81. The van der Waals surface area contributed by atoms with E-state index in [2.05, 4.69) is 22.9 Å². The van der Waals surface area contributed by atoms with Gasteiger partial charge in [0, 0.05) is 11.5 Å². The predicted octanol–water partition coefficient (Wildman–Crippen LogP) is 4.46. The van der Waals surface area contributed by atoms with E-state index in [9.17, 15) is 4.79 Å². The molecule has 0 N–H and O–H groups in total. The van der Waals surface area contributed by atoms with Crippen LogP contribution in [0.5, 0.6) is 11.5 Å². The van der Waals surface area contributed by atoms with Gasteiger partial charge in [-0.05, 0) is 52.7 Å². The summed E-state index contributed by atoms with van der Waals surface area (Å²) in [5.74, 6) is 1.71. The summed E-state index contributed by atoms with van der Waals surface area (Å²) in [7, 11) is 0. The summed E-state index contributed by atoms with van der Waals surface area (Å²) in [6.07, 6.45) is 0. The highest BCUT2D eigenvalue weighted by atomic mass is 79.9. The minimum atomic E-state index is 0.0116. The van der Waals surface area contributed by atoms with Gasteiger partial charge >= 0.3 is 0 Å². The van der Waals surface area contributed by atoms with E-state index in [1.54, 1.807) is 12.1 Å². The number of rotatable bonds is 2. The van der Waals surface area contributed by atoms with Gasteiger partial charge in [-0.25, -0.2) is 0 Å². The Balaban J connectivity index is 1.91. The van der Waals surface area contributed by atoms with Crippen molar-refractivity contribution >= 4 is 33.0 Å². The zero-order valence-corrected chi connectivity index (χ0v) is 14.2. The van der Waals surface area contributed by atoms with Crippen LogP contribution < -0.4 is 9.47 Å². The van der Waals surface area contributed by atoms with Crippen LogP contribution in [0.1, 0.15) is 27.7 Å². The van der Waals surface area contributed by atoms with Gasteiger partial charge in [-0.3, -0.25) is 4.79 Å². The van der Waals surface area contributed by atoms with E-state index in [1.807, 2.05) is 19.1 Å². The predicted molar refractivity (Wildman–Crippen MR) is 86.8 cm³/mol. The zero-order chi connectivity index (χ0) is 15.0. The lowest BCUT2D eigenvalue weighted by atomic mass is 10.1. The van der Waals surface area contributed by atoms with Gasteiger partial charge in [0.25, 0.3) is 0 Å². The van der Waals surface area contributed by atoms with E-state index in [0.29, 0.717) is 36.2 Å². The maximum atomic E-state index is 12.5. The number of ketones is 1. The molecule has 1 aliphatic heterocycles. The van der Waals surface area contributed by atoms with Crippen molar-refractivity contribution in [2.24, 2.45) is 5.92 Å². The third-order valence-electron chi connectivity index (χ3n) is 3.33. The maximum absolute atomic E-state index is 12.5. The van der Waals surface area contributed by atoms with E-state index in [1.165, 1.54) is 11.3 Å². The number of hydrogen-bond acceptors (Lipinski definition) is 4. The van der Waals surface area contributed by atoms with Crippen molar-refractivity contribution in [2.45, 2.75) is 13.8 Å². The Labute approximate surface area is 136 Å². The molecule has 1 unspecified atom stereocenters. The quantitative estimate of drug-likeness (QED) is 0.736. The minimum absolute atomic E-state index is 0.0116. The van der Waals surface area contributed by atoms with Crippen molar-refractivity contribution in [1.82, 2.24) is 0 Å². The first-order valence-electron chi connectivity index (χ1n) is 6.75. The number of benzene rings is 1. The van der Waals surface area contributed by atoms with Crippen molar-refractivity contribution in [3.63, 3.8) is 0 Å². The van der Waals surface area contributed by atoms with E-state index < -0.39 is 0 Å². The highest BCUT2D eigenvalue weighted by Gasteiger charge is 2.19. The van der Waals surface area contributed by atoms with Crippen molar-refractivity contribution in [3.05, 3.63) is 44.1 Å². The number of carbonyl (C=O) groups is 1. The summed E-state index contributed by atoms with van der Waals surface area (Å²) >= 11 is 4.91. The topological polar surface area (TPSA) is 35.5 Å². The van der Waals surface area contributed by atoms with Crippen LogP contribution in [0.3, 0.4) is 0 Å². The highest BCUT2D eigenvalue weighted by molar-refractivity contribution is 9.11. The van der Waals surface area contributed by atoms with Gasteiger partial charge < -0.3 is 9.47 Å². The normalized spacial score (nSPS) is 17.4. The van der Waals surface area contributed by atoms with Crippen LogP contribution in [0, 0.1) is 12.8 Å². The third kappa shape index (κ3) is 2.99. The lowest BCUT2D eigenvalue weighted by molar-refractivity contribution is 0.104. The van der Waals surface area contributed by atoms with Crippen LogP contribution in [-0.2, 0) is 0 Å². The van der Waals surface area contributed by atoms with Crippen LogP contribution in [0.4, 0.5) is 0 Å². The molecular weight excluding hydrogens is 352 g/mol. The van der Waals surface area contributed by atoms with E-state index >= 15 is 0 Å². The fraction of sp³-hybridized carbons (Fsp3) is 0.312. The van der Waals surface area contributed by atoms with E-state index in [-0.39, 0.29) is 5.78 Å². The fourth-order valence-electron chi connectivity index (χ4n) is 2.11. The van der Waals surface area contributed by atoms with Gasteiger partial charge in [0.1, 0.15) is 0 Å². The van der Waals surface area contributed by atoms with Gasteiger partial charge in [0.05, 0.1) is 21.9 Å². The molecule has 110 valence electrons.